The summed E-state index contributed by atoms with van der Waals surface area (Å²) in [4.78, 5) is 12.6. The maximum Gasteiger partial charge on any atom is 0.241 e. The highest BCUT2D eigenvalue weighted by Crippen LogP contribution is 2.28. The Morgan fingerprint density at radius 3 is 2.21 bits per heavy atom. The zero-order chi connectivity index (χ0) is 21.2. The van der Waals surface area contributed by atoms with E-state index in [1.165, 1.54) is 23.8 Å². The van der Waals surface area contributed by atoms with Crippen molar-refractivity contribution in [3.05, 3.63) is 62.6 Å². The van der Waals surface area contributed by atoms with Gasteiger partial charge in [0.2, 0.25) is 15.9 Å². The highest BCUT2D eigenvalue weighted by Gasteiger charge is 2.23. The molecular weight excluding hydrogens is 419 g/mol. The van der Waals surface area contributed by atoms with Crippen LogP contribution in [-0.2, 0) is 14.8 Å². The summed E-state index contributed by atoms with van der Waals surface area (Å²) in [6, 6.07) is 8.29. The number of nitrogens with one attached hydrogen (secondary N) is 1. The first-order chi connectivity index (χ1) is 12.9. The van der Waals surface area contributed by atoms with E-state index in [2.05, 4.69) is 11.4 Å². The average molecular weight is 443 g/mol. The second-order valence-electron chi connectivity index (χ2n) is 6.95. The van der Waals surface area contributed by atoms with Crippen molar-refractivity contribution in [2.45, 2.75) is 33.7 Å². The van der Waals surface area contributed by atoms with Gasteiger partial charge in [-0.2, -0.15) is 0 Å². The molecule has 2 rings (SSSR count). The van der Waals surface area contributed by atoms with Crippen LogP contribution in [0.15, 0.2) is 30.3 Å². The molecule has 0 unspecified atom stereocenters. The van der Waals surface area contributed by atoms with Gasteiger partial charge in [0.25, 0.3) is 0 Å². The molecule has 0 aromatic heterocycles. The fraction of sp³-hybridized carbons (Fsp3) is 0.350. The highest BCUT2D eigenvalue weighted by atomic mass is 35.5. The molecule has 0 aliphatic heterocycles. The molecule has 1 N–H and O–H groups in total. The van der Waals surface area contributed by atoms with E-state index in [0.29, 0.717) is 5.02 Å². The highest BCUT2D eigenvalue weighted by molar-refractivity contribution is 7.92. The lowest BCUT2D eigenvalue weighted by Gasteiger charge is -2.24. The summed E-state index contributed by atoms with van der Waals surface area (Å²) in [5.74, 6) is -0.415. The Kier molecular flexibility index (Phi) is 7.02. The minimum Gasteiger partial charge on any atom is -0.348 e. The second kappa shape index (κ2) is 8.72. The van der Waals surface area contributed by atoms with E-state index in [0.717, 1.165) is 27.3 Å². The molecule has 2 aromatic carbocycles. The Morgan fingerprint density at radius 2 is 1.64 bits per heavy atom. The summed E-state index contributed by atoms with van der Waals surface area (Å²) in [5, 5.41) is 3.40. The number of rotatable bonds is 6. The van der Waals surface area contributed by atoms with Crippen molar-refractivity contribution in [3.8, 4) is 0 Å². The van der Waals surface area contributed by atoms with Crippen LogP contribution in [0.2, 0.25) is 10.0 Å². The van der Waals surface area contributed by atoms with Crippen molar-refractivity contribution >= 4 is 44.8 Å². The van der Waals surface area contributed by atoms with Crippen molar-refractivity contribution in [2.24, 2.45) is 0 Å². The third kappa shape index (κ3) is 5.40. The van der Waals surface area contributed by atoms with Gasteiger partial charge in [-0.05, 0) is 68.1 Å². The number of carbonyl (C=O) groups excluding carboxylic acids is 1. The first-order valence-electron chi connectivity index (χ1n) is 8.70. The third-order valence-electron chi connectivity index (χ3n) is 4.61. The van der Waals surface area contributed by atoms with Crippen LogP contribution in [-0.4, -0.2) is 27.1 Å². The third-order valence-corrected chi connectivity index (χ3v) is 6.48. The Hall–Kier alpha value is -1.76. The molecule has 28 heavy (non-hydrogen) atoms. The number of nitrogens with zero attached hydrogens (tertiary/aromatic N) is 1. The van der Waals surface area contributed by atoms with E-state index in [-0.39, 0.29) is 23.3 Å². The van der Waals surface area contributed by atoms with Gasteiger partial charge in [0, 0.05) is 0 Å². The number of hydrogen-bond acceptors (Lipinski definition) is 3. The first-order valence-corrected chi connectivity index (χ1v) is 11.3. The molecule has 1 atom stereocenters. The molecule has 0 saturated carbocycles. The number of halogens is 2. The monoisotopic (exact) mass is 442 g/mol. The Morgan fingerprint density at radius 1 is 1.04 bits per heavy atom. The Bertz CT molecular complexity index is 1010. The molecule has 0 fully saturated rings. The number of hydrogen-bond donors (Lipinski definition) is 1. The molecule has 152 valence electrons. The van der Waals surface area contributed by atoms with E-state index in [1.807, 2.05) is 33.8 Å². The number of anilines is 1. The largest absolute Gasteiger partial charge is 0.348 e. The zero-order valence-corrected chi connectivity index (χ0v) is 18.8. The molecule has 0 aliphatic rings. The SMILES string of the molecule is Cc1cc(C)c([C@@H](C)NC(=O)CN(c2ccc(Cl)c(Cl)c2)S(C)(=O)=O)cc1C. The van der Waals surface area contributed by atoms with Crippen LogP contribution in [0.1, 0.15) is 35.2 Å². The van der Waals surface area contributed by atoms with Crippen LogP contribution < -0.4 is 9.62 Å². The second-order valence-corrected chi connectivity index (χ2v) is 9.67. The van der Waals surface area contributed by atoms with Crippen molar-refractivity contribution in [1.82, 2.24) is 5.32 Å². The van der Waals surface area contributed by atoms with E-state index in [1.54, 1.807) is 0 Å². The van der Waals surface area contributed by atoms with Crippen LogP contribution in [0.4, 0.5) is 5.69 Å². The number of aryl methyl sites for hydroxylation is 3. The van der Waals surface area contributed by atoms with E-state index < -0.39 is 15.9 Å². The molecule has 0 radical (unpaired) electrons. The summed E-state index contributed by atoms with van der Waals surface area (Å²) in [6.07, 6.45) is 1.04. The minimum atomic E-state index is -3.69. The fourth-order valence-corrected chi connectivity index (χ4v) is 4.13. The van der Waals surface area contributed by atoms with Gasteiger partial charge in [-0.15, -0.1) is 0 Å². The van der Waals surface area contributed by atoms with Crippen LogP contribution >= 0.6 is 23.2 Å². The molecule has 0 spiro atoms. The van der Waals surface area contributed by atoms with Crippen LogP contribution in [0.3, 0.4) is 0 Å². The van der Waals surface area contributed by atoms with Gasteiger partial charge >= 0.3 is 0 Å². The predicted octanol–water partition coefficient (Wildman–Crippen LogP) is 4.56. The molecule has 0 heterocycles. The smallest absolute Gasteiger partial charge is 0.241 e. The van der Waals surface area contributed by atoms with Crippen molar-refractivity contribution in [3.63, 3.8) is 0 Å². The van der Waals surface area contributed by atoms with Crippen molar-refractivity contribution in [1.29, 1.82) is 0 Å². The van der Waals surface area contributed by atoms with Gasteiger partial charge < -0.3 is 5.32 Å². The molecule has 8 heteroatoms. The maximum absolute atomic E-state index is 12.6. The molecule has 1 amide bonds. The van der Waals surface area contributed by atoms with Gasteiger partial charge in [-0.25, -0.2) is 8.42 Å². The minimum absolute atomic E-state index is 0.215. The maximum atomic E-state index is 12.6. The summed E-state index contributed by atoms with van der Waals surface area (Å²) < 4.78 is 25.5. The molecule has 0 saturated heterocycles. The topological polar surface area (TPSA) is 66.5 Å². The number of amides is 1. The quantitative estimate of drug-likeness (QED) is 0.712. The first kappa shape index (κ1) is 22.5. The lowest BCUT2D eigenvalue weighted by molar-refractivity contribution is -0.120. The fourth-order valence-electron chi connectivity index (χ4n) is 2.98. The van der Waals surface area contributed by atoms with Gasteiger partial charge in [0.05, 0.1) is 28.0 Å². The number of benzene rings is 2. The van der Waals surface area contributed by atoms with Crippen molar-refractivity contribution in [2.75, 3.05) is 17.1 Å². The summed E-state index contributed by atoms with van der Waals surface area (Å²) >= 11 is 11.9. The lowest BCUT2D eigenvalue weighted by Crippen LogP contribution is -2.41. The Balaban J connectivity index is 2.22. The summed E-state index contributed by atoms with van der Waals surface area (Å²) in [7, 11) is -3.69. The number of carbonyl (C=O) groups is 1. The predicted molar refractivity (Wildman–Crippen MR) is 116 cm³/mol. The normalized spacial score (nSPS) is 12.5. The van der Waals surface area contributed by atoms with Gasteiger partial charge in [-0.3, -0.25) is 9.10 Å². The summed E-state index contributed by atoms with van der Waals surface area (Å²) in [6.45, 7) is 7.56. The number of sulfonamides is 1. The van der Waals surface area contributed by atoms with Crippen LogP contribution in [0.5, 0.6) is 0 Å². The van der Waals surface area contributed by atoms with Crippen molar-refractivity contribution < 1.29 is 13.2 Å². The van der Waals surface area contributed by atoms with Crippen LogP contribution in [0, 0.1) is 20.8 Å². The van der Waals surface area contributed by atoms with E-state index in [9.17, 15) is 13.2 Å². The Labute approximate surface area is 176 Å². The molecule has 0 bridgehead atoms. The van der Waals surface area contributed by atoms with Gasteiger partial charge in [-0.1, -0.05) is 35.3 Å². The van der Waals surface area contributed by atoms with E-state index >= 15 is 0 Å². The standard InChI is InChI=1S/C20H24Cl2N2O3S/c1-12-8-14(3)17(9-13(12)2)15(4)23-20(25)11-24(28(5,26)27)16-6-7-18(21)19(22)10-16/h6-10,15H,11H2,1-5H3,(H,23,25)/t15-/m1/s1. The summed E-state index contributed by atoms with van der Waals surface area (Å²) in [5.41, 5.74) is 4.66. The van der Waals surface area contributed by atoms with E-state index in [4.69, 9.17) is 23.2 Å². The average Bonchev–Trinajstić information content (AvgIpc) is 2.57. The van der Waals surface area contributed by atoms with Gasteiger partial charge in [0.15, 0.2) is 0 Å². The molecule has 5 nitrogen and oxygen atoms in total. The molecular formula is C20H24Cl2N2O3S. The lowest BCUT2D eigenvalue weighted by atomic mass is 9.96. The molecule has 2 aromatic rings. The molecule has 0 aliphatic carbocycles. The zero-order valence-electron chi connectivity index (χ0n) is 16.5. The van der Waals surface area contributed by atoms with Gasteiger partial charge in [0.1, 0.15) is 6.54 Å². The van der Waals surface area contributed by atoms with Crippen LogP contribution in [0.25, 0.3) is 0 Å².